The van der Waals surface area contributed by atoms with Crippen LogP contribution in [0.5, 0.6) is 0 Å². The van der Waals surface area contributed by atoms with Crippen LogP contribution in [0.3, 0.4) is 0 Å². The number of anilines is 1. The molecule has 0 fully saturated rings. The van der Waals surface area contributed by atoms with E-state index in [-0.39, 0.29) is 16.4 Å². The molecule has 28 heavy (non-hydrogen) atoms. The summed E-state index contributed by atoms with van der Waals surface area (Å²) in [6.07, 6.45) is 0. The van der Waals surface area contributed by atoms with Crippen molar-refractivity contribution < 1.29 is 14.0 Å². The molecule has 4 N–H and O–H groups in total. The Kier molecular flexibility index (Phi) is 5.99. The number of nitrogens with two attached hydrogens (primary N) is 1. The largest absolute Gasteiger partial charge is 0.451 e. The van der Waals surface area contributed by atoms with Crippen LogP contribution in [0.4, 0.5) is 5.69 Å². The number of nitrogens with one attached hydrogen (secondary N) is 2. The van der Waals surface area contributed by atoms with Gasteiger partial charge < -0.3 is 15.5 Å². The molecular weight excluding hydrogens is 421 g/mol. The Morgan fingerprint density at radius 3 is 2.46 bits per heavy atom. The van der Waals surface area contributed by atoms with Crippen LogP contribution in [-0.2, 0) is 0 Å². The maximum Gasteiger partial charge on any atom is 0.293 e. The van der Waals surface area contributed by atoms with Crippen LogP contribution >= 0.6 is 35.4 Å². The normalized spacial score (nSPS) is 10.4. The fourth-order valence-corrected chi connectivity index (χ4v) is 2.89. The van der Waals surface area contributed by atoms with Crippen molar-refractivity contribution in [2.75, 3.05) is 5.32 Å². The van der Waals surface area contributed by atoms with Gasteiger partial charge in [-0.1, -0.05) is 35.3 Å². The third-order valence-electron chi connectivity index (χ3n) is 3.70. The molecule has 2 amide bonds. The van der Waals surface area contributed by atoms with Crippen LogP contribution in [-0.4, -0.2) is 16.9 Å². The van der Waals surface area contributed by atoms with Gasteiger partial charge in [0.15, 0.2) is 10.9 Å². The van der Waals surface area contributed by atoms with E-state index in [9.17, 15) is 9.59 Å². The number of amides is 2. The molecule has 0 aliphatic heterocycles. The minimum Gasteiger partial charge on any atom is -0.451 e. The van der Waals surface area contributed by atoms with Gasteiger partial charge >= 0.3 is 0 Å². The predicted molar refractivity (Wildman–Crippen MR) is 113 cm³/mol. The molecular formula is C19H13Cl2N3O3S. The summed E-state index contributed by atoms with van der Waals surface area (Å²) in [4.78, 5) is 23.8. The fourth-order valence-electron chi connectivity index (χ4n) is 2.39. The first-order valence-electron chi connectivity index (χ1n) is 7.91. The number of rotatable bonds is 4. The summed E-state index contributed by atoms with van der Waals surface area (Å²) in [6, 6.07) is 14.7. The first-order chi connectivity index (χ1) is 13.3. The van der Waals surface area contributed by atoms with Crippen LogP contribution < -0.4 is 16.4 Å². The van der Waals surface area contributed by atoms with Crippen molar-refractivity contribution in [1.29, 1.82) is 0 Å². The summed E-state index contributed by atoms with van der Waals surface area (Å²) in [5.41, 5.74) is 6.62. The molecule has 0 saturated heterocycles. The van der Waals surface area contributed by atoms with Crippen molar-refractivity contribution in [3.05, 3.63) is 76.0 Å². The third kappa shape index (κ3) is 4.51. The number of thiocarbonyl (C=S) groups is 1. The fraction of sp³-hybridized carbons (Fsp3) is 0. The summed E-state index contributed by atoms with van der Waals surface area (Å²) in [6.45, 7) is 0. The predicted octanol–water partition coefficient (Wildman–Crippen LogP) is 4.48. The van der Waals surface area contributed by atoms with Crippen molar-refractivity contribution in [3.8, 4) is 11.3 Å². The van der Waals surface area contributed by atoms with Crippen molar-refractivity contribution >= 4 is 58.0 Å². The quantitative estimate of drug-likeness (QED) is 0.526. The number of carbonyl (C=O) groups is 2. The van der Waals surface area contributed by atoms with Gasteiger partial charge in [0.1, 0.15) is 5.76 Å². The summed E-state index contributed by atoms with van der Waals surface area (Å²) in [7, 11) is 0. The van der Waals surface area contributed by atoms with Gasteiger partial charge in [0, 0.05) is 5.56 Å². The Balaban J connectivity index is 1.70. The molecule has 3 aromatic rings. The van der Waals surface area contributed by atoms with E-state index >= 15 is 0 Å². The third-order valence-corrected chi connectivity index (χ3v) is 4.64. The topological polar surface area (TPSA) is 97.4 Å². The van der Waals surface area contributed by atoms with Crippen molar-refractivity contribution in [3.63, 3.8) is 0 Å². The van der Waals surface area contributed by atoms with Gasteiger partial charge in [0.05, 0.1) is 21.3 Å². The zero-order valence-corrected chi connectivity index (χ0v) is 16.5. The van der Waals surface area contributed by atoms with Gasteiger partial charge in [-0.2, -0.15) is 0 Å². The number of halogens is 2. The van der Waals surface area contributed by atoms with E-state index in [0.29, 0.717) is 27.1 Å². The Morgan fingerprint density at radius 2 is 1.75 bits per heavy atom. The standard InChI is InChI=1S/C19H13Cl2N3O3S/c20-12-6-5-10(9-13(12)21)15-7-8-16(27-15)18(26)24-19(28)23-14-4-2-1-3-11(14)17(22)25/h1-9H,(H2,22,25)(H2,23,24,26,28). The lowest BCUT2D eigenvalue weighted by molar-refractivity contribution is 0.0950. The number of hydrogen-bond acceptors (Lipinski definition) is 4. The molecule has 0 aliphatic carbocycles. The van der Waals surface area contributed by atoms with E-state index in [0.717, 1.165) is 0 Å². The van der Waals surface area contributed by atoms with Crippen LogP contribution in [0.15, 0.2) is 59.0 Å². The van der Waals surface area contributed by atoms with E-state index in [1.54, 1.807) is 48.5 Å². The highest BCUT2D eigenvalue weighted by Crippen LogP contribution is 2.29. The van der Waals surface area contributed by atoms with Crippen LogP contribution in [0, 0.1) is 0 Å². The number of para-hydroxylation sites is 1. The summed E-state index contributed by atoms with van der Waals surface area (Å²) >= 11 is 17.0. The van der Waals surface area contributed by atoms with Crippen LogP contribution in [0.1, 0.15) is 20.9 Å². The lowest BCUT2D eigenvalue weighted by atomic mass is 10.1. The number of primary amides is 1. The zero-order valence-electron chi connectivity index (χ0n) is 14.2. The van der Waals surface area contributed by atoms with Crippen molar-refractivity contribution in [2.24, 2.45) is 5.73 Å². The number of hydrogen-bond donors (Lipinski definition) is 3. The average molecular weight is 434 g/mol. The Morgan fingerprint density at radius 1 is 1.00 bits per heavy atom. The summed E-state index contributed by atoms with van der Waals surface area (Å²) in [5.74, 6) is -0.676. The Labute approximate surface area is 175 Å². The Hall–Kier alpha value is -2.87. The summed E-state index contributed by atoms with van der Waals surface area (Å²) < 4.78 is 5.56. The maximum absolute atomic E-state index is 12.4. The molecule has 0 saturated carbocycles. The molecule has 3 rings (SSSR count). The van der Waals surface area contributed by atoms with E-state index in [2.05, 4.69) is 10.6 Å². The molecule has 142 valence electrons. The maximum atomic E-state index is 12.4. The molecule has 1 aromatic heterocycles. The minimum atomic E-state index is -0.616. The van der Waals surface area contributed by atoms with Gasteiger partial charge in [-0.15, -0.1) is 0 Å². The van der Waals surface area contributed by atoms with Crippen molar-refractivity contribution in [1.82, 2.24) is 5.32 Å². The molecule has 6 nitrogen and oxygen atoms in total. The van der Waals surface area contributed by atoms with E-state index in [4.69, 9.17) is 45.6 Å². The first-order valence-corrected chi connectivity index (χ1v) is 9.08. The molecule has 0 aliphatic rings. The number of benzene rings is 2. The highest BCUT2D eigenvalue weighted by atomic mass is 35.5. The molecule has 0 bridgehead atoms. The highest BCUT2D eigenvalue weighted by Gasteiger charge is 2.15. The molecule has 9 heteroatoms. The lowest BCUT2D eigenvalue weighted by Gasteiger charge is -2.11. The number of carbonyl (C=O) groups excluding carboxylic acids is 2. The van der Waals surface area contributed by atoms with E-state index in [1.807, 2.05) is 0 Å². The molecule has 0 radical (unpaired) electrons. The van der Waals surface area contributed by atoms with Gasteiger partial charge in [0.2, 0.25) is 0 Å². The van der Waals surface area contributed by atoms with Crippen LogP contribution in [0.25, 0.3) is 11.3 Å². The minimum absolute atomic E-state index is 0.00816. The monoisotopic (exact) mass is 433 g/mol. The van der Waals surface area contributed by atoms with Gasteiger partial charge in [-0.05, 0) is 54.7 Å². The molecule has 0 unspecified atom stereocenters. The van der Waals surface area contributed by atoms with E-state index in [1.165, 1.54) is 6.07 Å². The van der Waals surface area contributed by atoms with E-state index < -0.39 is 11.8 Å². The SMILES string of the molecule is NC(=O)c1ccccc1NC(=S)NC(=O)c1ccc(-c2ccc(Cl)c(Cl)c2)o1. The first kappa shape index (κ1) is 19.9. The van der Waals surface area contributed by atoms with Gasteiger partial charge in [-0.3, -0.25) is 14.9 Å². The van der Waals surface area contributed by atoms with Crippen molar-refractivity contribution in [2.45, 2.75) is 0 Å². The lowest BCUT2D eigenvalue weighted by Crippen LogP contribution is -2.34. The molecule has 0 spiro atoms. The summed E-state index contributed by atoms with van der Waals surface area (Å²) in [5, 5.41) is 6.04. The second-order valence-corrected chi connectivity index (χ2v) is 6.83. The molecule has 1 heterocycles. The molecule has 2 aromatic carbocycles. The van der Waals surface area contributed by atoms with Gasteiger partial charge in [-0.25, -0.2) is 0 Å². The second kappa shape index (κ2) is 8.43. The zero-order chi connectivity index (χ0) is 20.3. The Bertz CT molecular complexity index is 1080. The van der Waals surface area contributed by atoms with Crippen LogP contribution in [0.2, 0.25) is 10.0 Å². The number of furan rings is 1. The average Bonchev–Trinajstić information content (AvgIpc) is 3.14. The smallest absolute Gasteiger partial charge is 0.293 e. The highest BCUT2D eigenvalue weighted by molar-refractivity contribution is 7.80. The second-order valence-electron chi connectivity index (χ2n) is 5.61. The van der Waals surface area contributed by atoms with Gasteiger partial charge in [0.25, 0.3) is 11.8 Å². The molecule has 0 atom stereocenters.